The summed E-state index contributed by atoms with van der Waals surface area (Å²) in [5, 5.41) is 8.96. The lowest BCUT2D eigenvalue weighted by Crippen LogP contribution is -2.05. The van der Waals surface area contributed by atoms with Crippen LogP contribution >= 0.6 is 11.8 Å². The van der Waals surface area contributed by atoms with E-state index >= 15 is 0 Å². The van der Waals surface area contributed by atoms with Crippen molar-refractivity contribution in [3.8, 4) is 11.4 Å². The lowest BCUT2D eigenvalue weighted by atomic mass is 10.1. The third kappa shape index (κ3) is 3.62. The van der Waals surface area contributed by atoms with Crippen LogP contribution in [-0.4, -0.2) is 14.8 Å². The summed E-state index contributed by atoms with van der Waals surface area (Å²) >= 11 is 1.36. The zero-order chi connectivity index (χ0) is 17.2. The van der Waals surface area contributed by atoms with E-state index in [9.17, 15) is 13.2 Å². The standard InChI is InChI=1S/C17H14F3N3S/c1-23-15(13-7-3-2-4-8-13)21-22-16(23)24-11-12-6-5-9-14(10-12)17(18,19)20/h2-10H,11H2,1H3. The highest BCUT2D eigenvalue weighted by Gasteiger charge is 2.30. The topological polar surface area (TPSA) is 30.7 Å². The van der Waals surface area contributed by atoms with Gasteiger partial charge in [-0.05, 0) is 11.6 Å². The molecule has 1 aromatic heterocycles. The van der Waals surface area contributed by atoms with Crippen LogP contribution in [0.15, 0.2) is 59.8 Å². The molecule has 0 radical (unpaired) electrons. The van der Waals surface area contributed by atoms with Crippen LogP contribution < -0.4 is 0 Å². The molecule has 3 aromatic rings. The van der Waals surface area contributed by atoms with Crippen LogP contribution in [0.4, 0.5) is 13.2 Å². The van der Waals surface area contributed by atoms with E-state index in [0.29, 0.717) is 16.5 Å². The fourth-order valence-electron chi connectivity index (χ4n) is 2.26. The van der Waals surface area contributed by atoms with Crippen molar-refractivity contribution < 1.29 is 13.2 Å². The molecular formula is C17H14F3N3S. The largest absolute Gasteiger partial charge is 0.416 e. The van der Waals surface area contributed by atoms with E-state index in [0.717, 1.165) is 17.5 Å². The van der Waals surface area contributed by atoms with Crippen molar-refractivity contribution in [1.82, 2.24) is 14.8 Å². The number of thioether (sulfide) groups is 1. The number of rotatable bonds is 4. The predicted molar refractivity (Wildman–Crippen MR) is 87.4 cm³/mol. The van der Waals surface area contributed by atoms with E-state index in [2.05, 4.69) is 10.2 Å². The molecule has 3 rings (SSSR count). The fourth-order valence-corrected chi connectivity index (χ4v) is 3.12. The zero-order valence-electron chi connectivity index (χ0n) is 12.8. The first kappa shape index (κ1) is 16.6. The molecule has 7 heteroatoms. The zero-order valence-corrected chi connectivity index (χ0v) is 13.6. The smallest absolute Gasteiger partial charge is 0.305 e. The average Bonchev–Trinajstić information content (AvgIpc) is 2.94. The van der Waals surface area contributed by atoms with E-state index in [1.54, 1.807) is 6.07 Å². The molecule has 0 saturated carbocycles. The van der Waals surface area contributed by atoms with Crippen molar-refractivity contribution in [2.24, 2.45) is 7.05 Å². The van der Waals surface area contributed by atoms with Gasteiger partial charge in [0.15, 0.2) is 11.0 Å². The Morgan fingerprint density at radius 1 is 1.00 bits per heavy atom. The molecule has 124 valence electrons. The monoisotopic (exact) mass is 349 g/mol. The number of halogens is 3. The molecule has 0 amide bonds. The van der Waals surface area contributed by atoms with Gasteiger partial charge in [0.05, 0.1) is 5.56 Å². The third-order valence-electron chi connectivity index (χ3n) is 3.49. The van der Waals surface area contributed by atoms with E-state index in [4.69, 9.17) is 0 Å². The summed E-state index contributed by atoms with van der Waals surface area (Å²) in [5.74, 6) is 1.12. The molecule has 0 bridgehead atoms. The summed E-state index contributed by atoms with van der Waals surface area (Å²) in [4.78, 5) is 0. The first-order valence-electron chi connectivity index (χ1n) is 7.19. The third-order valence-corrected chi connectivity index (χ3v) is 4.58. The molecule has 0 spiro atoms. The van der Waals surface area contributed by atoms with Crippen LogP contribution in [0.2, 0.25) is 0 Å². The number of nitrogens with zero attached hydrogens (tertiary/aromatic N) is 3. The lowest BCUT2D eigenvalue weighted by Gasteiger charge is -2.08. The molecule has 3 nitrogen and oxygen atoms in total. The quantitative estimate of drug-likeness (QED) is 0.634. The Balaban J connectivity index is 1.75. The van der Waals surface area contributed by atoms with Crippen LogP contribution in [0.25, 0.3) is 11.4 Å². The van der Waals surface area contributed by atoms with Gasteiger partial charge < -0.3 is 4.57 Å². The SMILES string of the molecule is Cn1c(SCc2cccc(C(F)(F)F)c2)nnc1-c1ccccc1. The Kier molecular flexibility index (Phi) is 4.62. The highest BCUT2D eigenvalue weighted by molar-refractivity contribution is 7.98. The molecule has 0 fully saturated rings. The Labute approximate surface area is 141 Å². The molecule has 0 N–H and O–H groups in total. The van der Waals surface area contributed by atoms with Crippen LogP contribution in [-0.2, 0) is 19.0 Å². The van der Waals surface area contributed by atoms with Crippen molar-refractivity contribution in [3.63, 3.8) is 0 Å². The maximum Gasteiger partial charge on any atom is 0.416 e. The summed E-state index contributed by atoms with van der Waals surface area (Å²) in [7, 11) is 1.84. The van der Waals surface area contributed by atoms with Gasteiger partial charge in [-0.15, -0.1) is 10.2 Å². The van der Waals surface area contributed by atoms with E-state index < -0.39 is 11.7 Å². The first-order valence-corrected chi connectivity index (χ1v) is 8.17. The maximum atomic E-state index is 12.8. The minimum Gasteiger partial charge on any atom is -0.305 e. The highest BCUT2D eigenvalue weighted by Crippen LogP contribution is 2.31. The molecule has 2 aromatic carbocycles. The Morgan fingerprint density at radius 2 is 1.75 bits per heavy atom. The number of hydrogen-bond donors (Lipinski definition) is 0. The first-order chi connectivity index (χ1) is 11.4. The fraction of sp³-hybridized carbons (Fsp3) is 0.176. The van der Waals surface area contributed by atoms with Crippen molar-refractivity contribution >= 4 is 11.8 Å². The van der Waals surface area contributed by atoms with Crippen molar-refractivity contribution in [2.75, 3.05) is 0 Å². The minimum absolute atomic E-state index is 0.394. The molecule has 0 atom stereocenters. The van der Waals surface area contributed by atoms with Gasteiger partial charge in [0.25, 0.3) is 0 Å². The van der Waals surface area contributed by atoms with Gasteiger partial charge in [0, 0.05) is 18.4 Å². The lowest BCUT2D eigenvalue weighted by molar-refractivity contribution is -0.137. The van der Waals surface area contributed by atoms with E-state index in [-0.39, 0.29) is 0 Å². The summed E-state index contributed by atoms with van der Waals surface area (Å²) in [6.07, 6.45) is -4.33. The van der Waals surface area contributed by atoms with Gasteiger partial charge in [0.1, 0.15) is 0 Å². The van der Waals surface area contributed by atoms with Gasteiger partial charge in [-0.1, -0.05) is 60.3 Å². The normalized spacial score (nSPS) is 11.7. The Hall–Kier alpha value is -2.28. The number of benzene rings is 2. The Bertz CT molecular complexity index is 829. The average molecular weight is 349 g/mol. The summed E-state index contributed by atoms with van der Waals surface area (Å²) in [6.45, 7) is 0. The van der Waals surface area contributed by atoms with Gasteiger partial charge >= 0.3 is 6.18 Å². The van der Waals surface area contributed by atoms with Crippen molar-refractivity contribution in [2.45, 2.75) is 17.1 Å². The van der Waals surface area contributed by atoms with Gasteiger partial charge in [-0.3, -0.25) is 0 Å². The van der Waals surface area contributed by atoms with Gasteiger partial charge in [0.2, 0.25) is 0 Å². The maximum absolute atomic E-state index is 12.8. The minimum atomic E-state index is -4.33. The van der Waals surface area contributed by atoms with Crippen LogP contribution in [0.5, 0.6) is 0 Å². The molecule has 24 heavy (non-hydrogen) atoms. The molecule has 0 aliphatic heterocycles. The predicted octanol–water partition coefficient (Wildman–Crippen LogP) is 4.79. The van der Waals surface area contributed by atoms with Crippen molar-refractivity contribution in [3.05, 3.63) is 65.7 Å². The summed E-state index contributed by atoms with van der Waals surface area (Å²) in [5.41, 5.74) is 0.904. The molecule has 0 unspecified atom stereocenters. The van der Waals surface area contributed by atoms with Gasteiger partial charge in [-0.2, -0.15) is 13.2 Å². The van der Waals surface area contributed by atoms with E-state index in [1.165, 1.54) is 23.9 Å². The second kappa shape index (κ2) is 6.68. The van der Waals surface area contributed by atoms with Crippen LogP contribution in [0, 0.1) is 0 Å². The molecule has 0 saturated heterocycles. The molecular weight excluding hydrogens is 335 g/mol. The highest BCUT2D eigenvalue weighted by atomic mass is 32.2. The van der Waals surface area contributed by atoms with E-state index in [1.807, 2.05) is 41.9 Å². The second-order valence-corrected chi connectivity index (χ2v) is 6.16. The number of aromatic nitrogens is 3. The molecule has 0 aliphatic carbocycles. The van der Waals surface area contributed by atoms with Gasteiger partial charge in [-0.25, -0.2) is 0 Å². The number of hydrogen-bond acceptors (Lipinski definition) is 3. The van der Waals surface area contributed by atoms with Crippen LogP contribution in [0.1, 0.15) is 11.1 Å². The second-order valence-electron chi connectivity index (χ2n) is 5.22. The number of alkyl halides is 3. The molecule has 0 aliphatic rings. The van der Waals surface area contributed by atoms with Crippen molar-refractivity contribution in [1.29, 1.82) is 0 Å². The Morgan fingerprint density at radius 3 is 2.46 bits per heavy atom. The van der Waals surface area contributed by atoms with Crippen LogP contribution in [0.3, 0.4) is 0 Å². The summed E-state index contributed by atoms with van der Waals surface area (Å²) in [6, 6.07) is 15.0. The molecule has 1 heterocycles. The summed E-state index contributed by atoms with van der Waals surface area (Å²) < 4.78 is 40.1.